The number of aromatic nitrogens is 5. The first kappa shape index (κ1) is 15.8. The summed E-state index contributed by atoms with van der Waals surface area (Å²) >= 11 is 0. The van der Waals surface area contributed by atoms with Crippen LogP contribution < -0.4 is 5.73 Å². The highest BCUT2D eigenvalue weighted by atomic mass is 16.3. The molecular weight excluding hydrogens is 340 g/mol. The summed E-state index contributed by atoms with van der Waals surface area (Å²) in [5.74, 6) is 1.22. The summed E-state index contributed by atoms with van der Waals surface area (Å²) in [5, 5.41) is 9.27. The van der Waals surface area contributed by atoms with Crippen molar-refractivity contribution in [1.29, 1.82) is 0 Å². The van der Waals surface area contributed by atoms with Crippen LogP contribution in [0.1, 0.15) is 6.42 Å². The minimum atomic E-state index is 0.0834. The van der Waals surface area contributed by atoms with Crippen LogP contribution >= 0.6 is 0 Å². The molecule has 0 spiro atoms. The van der Waals surface area contributed by atoms with Gasteiger partial charge in [-0.15, -0.1) is 0 Å². The third-order valence-electron chi connectivity index (χ3n) is 4.76. The van der Waals surface area contributed by atoms with Crippen LogP contribution in [-0.2, 0) is 6.54 Å². The van der Waals surface area contributed by atoms with Gasteiger partial charge >= 0.3 is 0 Å². The van der Waals surface area contributed by atoms with Crippen molar-refractivity contribution in [3.05, 3.63) is 48.5 Å². The Kier molecular flexibility index (Phi) is 3.54. The standard InChI is InChI=1S/C20H18N6O/c21-18-16(19-23-13-7-2-3-8-14(13)24-19)17-20(26(18)10-5-11-27)25-15-9-4-1-6-12(15)22-17/h1-4,6-9,27H,5,10-11,21H2,(H,23,24). The maximum absolute atomic E-state index is 9.27. The maximum atomic E-state index is 9.27. The number of aliphatic hydroxyl groups excluding tert-OH is 1. The zero-order chi connectivity index (χ0) is 18.4. The second-order valence-electron chi connectivity index (χ2n) is 6.48. The molecule has 27 heavy (non-hydrogen) atoms. The first-order chi connectivity index (χ1) is 13.3. The van der Waals surface area contributed by atoms with Crippen LogP contribution in [-0.4, -0.2) is 36.2 Å². The van der Waals surface area contributed by atoms with Crippen LogP contribution in [0.2, 0.25) is 0 Å². The summed E-state index contributed by atoms with van der Waals surface area (Å²) < 4.78 is 1.91. The van der Waals surface area contributed by atoms with Crippen LogP contribution in [0, 0.1) is 0 Å². The van der Waals surface area contributed by atoms with Crippen molar-refractivity contribution >= 4 is 39.0 Å². The van der Waals surface area contributed by atoms with E-state index in [9.17, 15) is 5.11 Å². The number of nitrogens with two attached hydrogens (primary N) is 1. The lowest BCUT2D eigenvalue weighted by atomic mass is 10.2. The van der Waals surface area contributed by atoms with Gasteiger partial charge in [0.15, 0.2) is 5.65 Å². The second-order valence-corrected chi connectivity index (χ2v) is 6.48. The van der Waals surface area contributed by atoms with E-state index in [2.05, 4.69) is 4.98 Å². The number of benzene rings is 2. The molecule has 0 unspecified atom stereocenters. The van der Waals surface area contributed by atoms with Gasteiger partial charge in [-0.1, -0.05) is 24.3 Å². The highest BCUT2D eigenvalue weighted by molar-refractivity contribution is 6.01. The summed E-state index contributed by atoms with van der Waals surface area (Å²) in [6.07, 6.45) is 0.585. The molecule has 0 amide bonds. The lowest BCUT2D eigenvalue weighted by molar-refractivity contribution is 0.281. The van der Waals surface area contributed by atoms with Gasteiger partial charge in [-0.25, -0.2) is 15.0 Å². The van der Waals surface area contributed by atoms with Crippen molar-refractivity contribution in [2.75, 3.05) is 12.3 Å². The molecule has 7 heteroatoms. The number of fused-ring (bicyclic) bond motifs is 3. The molecule has 0 radical (unpaired) electrons. The first-order valence-electron chi connectivity index (χ1n) is 8.86. The van der Waals surface area contributed by atoms with Crippen LogP contribution in [0.3, 0.4) is 0 Å². The van der Waals surface area contributed by atoms with Crippen LogP contribution in [0.25, 0.3) is 44.6 Å². The number of aryl methyl sites for hydroxylation is 1. The number of hydrogen-bond donors (Lipinski definition) is 3. The van der Waals surface area contributed by atoms with E-state index in [4.69, 9.17) is 20.7 Å². The number of hydrogen-bond acceptors (Lipinski definition) is 5. The molecule has 3 heterocycles. The van der Waals surface area contributed by atoms with Gasteiger partial charge in [-0.05, 0) is 30.7 Å². The molecule has 5 aromatic rings. The molecule has 5 rings (SSSR count). The molecule has 134 valence electrons. The Morgan fingerprint density at radius 2 is 1.63 bits per heavy atom. The van der Waals surface area contributed by atoms with E-state index in [1.807, 2.05) is 53.1 Å². The van der Waals surface area contributed by atoms with Gasteiger partial charge in [0.25, 0.3) is 0 Å². The van der Waals surface area contributed by atoms with Gasteiger partial charge in [0.05, 0.1) is 27.6 Å². The Labute approximate surface area is 154 Å². The number of para-hydroxylation sites is 4. The van der Waals surface area contributed by atoms with E-state index in [0.717, 1.165) is 27.6 Å². The summed E-state index contributed by atoms with van der Waals surface area (Å²) in [6, 6.07) is 15.6. The molecule has 0 atom stereocenters. The fourth-order valence-electron chi connectivity index (χ4n) is 3.48. The Balaban J connectivity index is 1.84. The SMILES string of the molecule is Nc1c(-c2nc3ccccc3[nH]2)c2nc3ccccc3nc2n1CCCO. The van der Waals surface area contributed by atoms with E-state index < -0.39 is 0 Å². The Morgan fingerprint density at radius 3 is 2.37 bits per heavy atom. The van der Waals surface area contributed by atoms with E-state index >= 15 is 0 Å². The van der Waals surface area contributed by atoms with Gasteiger partial charge in [0, 0.05) is 13.2 Å². The van der Waals surface area contributed by atoms with Gasteiger partial charge in [-0.3, -0.25) is 0 Å². The minimum Gasteiger partial charge on any atom is -0.396 e. The predicted octanol–water partition coefficient (Wildman–Crippen LogP) is 3.09. The van der Waals surface area contributed by atoms with Gasteiger partial charge < -0.3 is 20.4 Å². The number of nitrogen functional groups attached to an aromatic ring is 1. The number of nitrogens with one attached hydrogen (secondary N) is 1. The largest absolute Gasteiger partial charge is 0.396 e. The van der Waals surface area contributed by atoms with E-state index in [0.29, 0.717) is 35.8 Å². The third kappa shape index (κ3) is 2.43. The van der Waals surface area contributed by atoms with Crippen LogP contribution in [0.15, 0.2) is 48.5 Å². The minimum absolute atomic E-state index is 0.0834. The van der Waals surface area contributed by atoms with Crippen LogP contribution in [0.5, 0.6) is 0 Å². The summed E-state index contributed by atoms with van der Waals surface area (Å²) in [7, 11) is 0. The van der Waals surface area contributed by atoms with Crippen molar-refractivity contribution in [3.63, 3.8) is 0 Å². The monoisotopic (exact) mass is 358 g/mol. The fourth-order valence-corrected chi connectivity index (χ4v) is 3.48. The third-order valence-corrected chi connectivity index (χ3v) is 4.76. The number of nitrogens with zero attached hydrogens (tertiary/aromatic N) is 4. The van der Waals surface area contributed by atoms with Crippen molar-refractivity contribution < 1.29 is 5.11 Å². The Hall–Kier alpha value is -3.45. The van der Waals surface area contributed by atoms with Gasteiger partial charge in [0.1, 0.15) is 17.2 Å². The second kappa shape index (κ2) is 6.07. The molecule has 3 aromatic heterocycles. The molecule has 0 aliphatic carbocycles. The van der Waals surface area contributed by atoms with Crippen molar-refractivity contribution in [2.45, 2.75) is 13.0 Å². The Bertz CT molecular complexity index is 1250. The van der Waals surface area contributed by atoms with E-state index in [1.165, 1.54) is 0 Å². The molecule has 0 aliphatic heterocycles. The van der Waals surface area contributed by atoms with Crippen molar-refractivity contribution in [1.82, 2.24) is 24.5 Å². The highest BCUT2D eigenvalue weighted by Crippen LogP contribution is 2.35. The number of imidazole rings is 1. The molecule has 0 aliphatic rings. The number of aliphatic hydroxyl groups is 1. The summed E-state index contributed by atoms with van der Waals surface area (Å²) in [5.41, 5.74) is 12.1. The highest BCUT2D eigenvalue weighted by Gasteiger charge is 2.22. The first-order valence-corrected chi connectivity index (χ1v) is 8.86. The number of anilines is 1. The Morgan fingerprint density at radius 1 is 0.926 bits per heavy atom. The lowest BCUT2D eigenvalue weighted by Gasteiger charge is -2.06. The number of H-pyrrole nitrogens is 1. The molecule has 2 aromatic carbocycles. The maximum Gasteiger partial charge on any atom is 0.161 e. The van der Waals surface area contributed by atoms with Crippen molar-refractivity contribution in [2.24, 2.45) is 0 Å². The van der Waals surface area contributed by atoms with E-state index in [1.54, 1.807) is 0 Å². The molecule has 0 fully saturated rings. The molecular formula is C20H18N6O. The van der Waals surface area contributed by atoms with Gasteiger partial charge in [0.2, 0.25) is 0 Å². The fraction of sp³-hybridized carbons (Fsp3) is 0.150. The molecule has 0 saturated carbocycles. The quantitative estimate of drug-likeness (QED) is 0.458. The topological polar surface area (TPSA) is 106 Å². The van der Waals surface area contributed by atoms with Gasteiger partial charge in [-0.2, -0.15) is 0 Å². The zero-order valence-corrected chi connectivity index (χ0v) is 14.6. The molecule has 0 saturated heterocycles. The molecule has 7 nitrogen and oxygen atoms in total. The number of aromatic amines is 1. The van der Waals surface area contributed by atoms with Crippen molar-refractivity contribution in [3.8, 4) is 11.4 Å². The molecule has 0 bridgehead atoms. The lowest BCUT2D eigenvalue weighted by Crippen LogP contribution is -2.05. The molecule has 4 N–H and O–H groups in total. The van der Waals surface area contributed by atoms with Crippen LogP contribution in [0.4, 0.5) is 5.82 Å². The predicted molar refractivity (Wildman–Crippen MR) is 106 cm³/mol. The smallest absolute Gasteiger partial charge is 0.161 e. The zero-order valence-electron chi connectivity index (χ0n) is 14.6. The van der Waals surface area contributed by atoms with E-state index in [-0.39, 0.29) is 6.61 Å². The normalized spacial score (nSPS) is 11.7. The number of rotatable bonds is 4. The summed E-state index contributed by atoms with van der Waals surface area (Å²) in [4.78, 5) is 17.7. The summed E-state index contributed by atoms with van der Waals surface area (Å²) in [6.45, 7) is 0.645. The average Bonchev–Trinajstić information content (AvgIpc) is 3.22. The average molecular weight is 358 g/mol.